The zero-order valence-electron chi connectivity index (χ0n) is 7.04. The van der Waals surface area contributed by atoms with Gasteiger partial charge >= 0.3 is 0 Å². The predicted octanol–water partition coefficient (Wildman–Crippen LogP) is -0.354. The molecule has 3 N–H and O–H groups in total. The second-order valence-corrected chi connectivity index (χ2v) is 2.90. The summed E-state index contributed by atoms with van der Waals surface area (Å²) in [6, 6.07) is -0.111. The van der Waals surface area contributed by atoms with Gasteiger partial charge in [-0.1, -0.05) is 6.92 Å². The van der Waals surface area contributed by atoms with Crippen molar-refractivity contribution in [3.8, 4) is 0 Å². The highest BCUT2D eigenvalue weighted by molar-refractivity contribution is 4.72. The topological polar surface area (TPSA) is 49.5 Å². The van der Waals surface area contributed by atoms with E-state index >= 15 is 0 Å². The van der Waals surface area contributed by atoms with Crippen LogP contribution in [-0.4, -0.2) is 42.8 Å². The fraction of sp³-hybridized carbons (Fsp3) is 1.00. The van der Waals surface area contributed by atoms with Crippen molar-refractivity contribution in [1.82, 2.24) is 4.90 Å². The van der Waals surface area contributed by atoms with E-state index in [2.05, 4.69) is 0 Å². The minimum absolute atomic E-state index is 0.111. The Morgan fingerprint density at radius 2 is 2.00 bits per heavy atom. The number of aliphatic hydroxyl groups excluding tert-OH is 1. The Hall–Kier alpha value is -0.120. The van der Waals surface area contributed by atoms with Crippen molar-refractivity contribution in [2.24, 2.45) is 5.73 Å². The Balaban J connectivity index is 3.50. The molecule has 0 spiro atoms. The lowest BCUT2D eigenvalue weighted by Crippen LogP contribution is -2.42. The molecule has 0 saturated carbocycles. The largest absolute Gasteiger partial charge is 0.391 e. The zero-order chi connectivity index (χ0) is 8.15. The summed E-state index contributed by atoms with van der Waals surface area (Å²) in [5.41, 5.74) is 5.64. The van der Waals surface area contributed by atoms with Crippen LogP contribution in [0.25, 0.3) is 0 Å². The van der Waals surface area contributed by atoms with Gasteiger partial charge in [-0.25, -0.2) is 0 Å². The van der Waals surface area contributed by atoms with E-state index in [4.69, 9.17) is 5.73 Å². The highest BCUT2D eigenvalue weighted by Gasteiger charge is 2.12. The van der Waals surface area contributed by atoms with Crippen molar-refractivity contribution in [3.63, 3.8) is 0 Å². The summed E-state index contributed by atoms with van der Waals surface area (Å²) in [6.07, 6.45) is 0.372. The molecule has 0 saturated heterocycles. The van der Waals surface area contributed by atoms with Crippen LogP contribution in [0.15, 0.2) is 0 Å². The lowest BCUT2D eigenvalue weighted by Gasteiger charge is -2.20. The molecule has 0 aromatic heterocycles. The third kappa shape index (κ3) is 3.82. The summed E-state index contributed by atoms with van der Waals surface area (Å²) < 4.78 is 0. The van der Waals surface area contributed by atoms with Crippen LogP contribution in [0.4, 0.5) is 0 Å². The van der Waals surface area contributed by atoms with Gasteiger partial charge in [-0.2, -0.15) is 0 Å². The number of likely N-dealkylation sites (N-methyl/N-ethyl adjacent to an activating group) is 1. The molecule has 3 heteroatoms. The first-order valence-electron chi connectivity index (χ1n) is 3.66. The molecule has 0 bridgehead atoms. The number of nitrogens with two attached hydrogens (primary N) is 1. The first-order chi connectivity index (χ1) is 4.57. The lowest BCUT2D eigenvalue weighted by molar-refractivity contribution is 0.126. The van der Waals surface area contributed by atoms with E-state index in [0.29, 0.717) is 0 Å². The van der Waals surface area contributed by atoms with Crippen molar-refractivity contribution >= 4 is 0 Å². The van der Waals surface area contributed by atoms with Crippen LogP contribution in [-0.2, 0) is 0 Å². The van der Waals surface area contributed by atoms with Gasteiger partial charge in [-0.05, 0) is 20.5 Å². The Labute approximate surface area is 62.8 Å². The van der Waals surface area contributed by atoms with Crippen LogP contribution >= 0.6 is 0 Å². The molecular formula is C7H18N2O. The lowest BCUT2D eigenvalue weighted by atomic mass is 10.1. The van der Waals surface area contributed by atoms with Gasteiger partial charge in [0.1, 0.15) is 0 Å². The van der Waals surface area contributed by atoms with E-state index in [1.165, 1.54) is 0 Å². The smallest absolute Gasteiger partial charge is 0.0701 e. The molecule has 2 atom stereocenters. The summed E-state index contributed by atoms with van der Waals surface area (Å²) in [4.78, 5) is 1.98. The van der Waals surface area contributed by atoms with E-state index in [-0.39, 0.29) is 12.1 Å². The summed E-state index contributed by atoms with van der Waals surface area (Å²) in [7, 11) is 3.89. The third-order valence-corrected chi connectivity index (χ3v) is 1.49. The molecule has 0 aromatic rings. The highest BCUT2D eigenvalue weighted by Crippen LogP contribution is 1.95. The van der Waals surface area contributed by atoms with Gasteiger partial charge in [0.15, 0.2) is 0 Å². The fourth-order valence-corrected chi connectivity index (χ4v) is 0.846. The van der Waals surface area contributed by atoms with Crippen molar-refractivity contribution in [3.05, 3.63) is 0 Å². The average Bonchev–Trinajstić information content (AvgIpc) is 1.85. The first-order valence-corrected chi connectivity index (χ1v) is 3.66. The summed E-state index contributed by atoms with van der Waals surface area (Å²) in [5, 5.41) is 9.22. The van der Waals surface area contributed by atoms with Gasteiger partial charge in [-0.3, -0.25) is 0 Å². The molecule has 0 amide bonds. The molecule has 0 aromatic carbocycles. The van der Waals surface area contributed by atoms with Gasteiger partial charge in [0, 0.05) is 12.6 Å². The molecule has 0 fully saturated rings. The molecule has 3 nitrogen and oxygen atoms in total. The van der Waals surface area contributed by atoms with Gasteiger partial charge < -0.3 is 15.7 Å². The van der Waals surface area contributed by atoms with Crippen LogP contribution in [0.2, 0.25) is 0 Å². The van der Waals surface area contributed by atoms with Crippen LogP contribution in [0, 0.1) is 0 Å². The maximum absolute atomic E-state index is 9.22. The first kappa shape index (κ1) is 9.88. The van der Waals surface area contributed by atoms with Crippen molar-refractivity contribution in [2.45, 2.75) is 25.5 Å². The molecule has 10 heavy (non-hydrogen) atoms. The quantitative estimate of drug-likeness (QED) is 0.570. The summed E-state index contributed by atoms with van der Waals surface area (Å²) in [6.45, 7) is 2.68. The SMILES string of the molecule is CCC(O)C(N)CN(C)C. The molecule has 62 valence electrons. The minimum atomic E-state index is -0.359. The second kappa shape index (κ2) is 4.66. The Kier molecular flexibility index (Phi) is 4.60. The van der Waals surface area contributed by atoms with Crippen LogP contribution in [0.1, 0.15) is 13.3 Å². The molecule has 0 radical (unpaired) electrons. The second-order valence-electron chi connectivity index (χ2n) is 2.90. The molecule has 0 aliphatic rings. The van der Waals surface area contributed by atoms with E-state index in [0.717, 1.165) is 13.0 Å². The number of aliphatic hydroxyl groups is 1. The molecule has 0 aliphatic carbocycles. The average molecular weight is 146 g/mol. The maximum atomic E-state index is 9.22. The number of rotatable bonds is 4. The van der Waals surface area contributed by atoms with Gasteiger partial charge in [0.25, 0.3) is 0 Å². The Morgan fingerprint density at radius 1 is 1.50 bits per heavy atom. The number of hydrogen-bond donors (Lipinski definition) is 2. The Bertz CT molecular complexity index is 85.7. The Morgan fingerprint density at radius 3 is 2.30 bits per heavy atom. The van der Waals surface area contributed by atoms with Crippen molar-refractivity contribution < 1.29 is 5.11 Å². The number of hydrogen-bond acceptors (Lipinski definition) is 3. The van der Waals surface area contributed by atoms with Crippen LogP contribution in [0.3, 0.4) is 0 Å². The number of nitrogens with zero attached hydrogens (tertiary/aromatic N) is 1. The van der Waals surface area contributed by atoms with E-state index in [9.17, 15) is 5.11 Å². The van der Waals surface area contributed by atoms with Gasteiger partial charge in [0.05, 0.1) is 6.10 Å². The van der Waals surface area contributed by atoms with E-state index < -0.39 is 0 Å². The van der Waals surface area contributed by atoms with Gasteiger partial charge in [0.2, 0.25) is 0 Å². The summed E-state index contributed by atoms with van der Waals surface area (Å²) >= 11 is 0. The molecule has 0 rings (SSSR count). The summed E-state index contributed by atoms with van der Waals surface area (Å²) in [5.74, 6) is 0. The zero-order valence-corrected chi connectivity index (χ0v) is 7.04. The standard InChI is InChI=1S/C7H18N2O/c1-4-7(10)6(8)5-9(2)3/h6-7,10H,4-5,8H2,1-3H3. The normalized spacial score (nSPS) is 17.4. The van der Waals surface area contributed by atoms with Crippen molar-refractivity contribution in [2.75, 3.05) is 20.6 Å². The molecule has 0 heterocycles. The van der Waals surface area contributed by atoms with E-state index in [1.54, 1.807) is 0 Å². The van der Waals surface area contributed by atoms with Crippen molar-refractivity contribution in [1.29, 1.82) is 0 Å². The third-order valence-electron chi connectivity index (χ3n) is 1.49. The fourth-order valence-electron chi connectivity index (χ4n) is 0.846. The molecule has 0 aliphatic heterocycles. The van der Waals surface area contributed by atoms with Crippen LogP contribution < -0.4 is 5.73 Å². The van der Waals surface area contributed by atoms with E-state index in [1.807, 2.05) is 25.9 Å². The molecule has 2 unspecified atom stereocenters. The highest BCUT2D eigenvalue weighted by atomic mass is 16.3. The predicted molar refractivity (Wildman–Crippen MR) is 42.8 cm³/mol. The maximum Gasteiger partial charge on any atom is 0.0701 e. The monoisotopic (exact) mass is 146 g/mol. The molecular weight excluding hydrogens is 128 g/mol. The van der Waals surface area contributed by atoms with Crippen LogP contribution in [0.5, 0.6) is 0 Å². The van der Waals surface area contributed by atoms with Gasteiger partial charge in [-0.15, -0.1) is 0 Å². The minimum Gasteiger partial charge on any atom is -0.391 e.